The number of pyridine rings is 1. The number of aliphatic hydroxyl groups is 1. The van der Waals surface area contributed by atoms with Crippen molar-refractivity contribution in [3.05, 3.63) is 48.4 Å². The predicted molar refractivity (Wildman–Crippen MR) is 130 cm³/mol. The Balaban J connectivity index is 1.43. The summed E-state index contributed by atoms with van der Waals surface area (Å²) in [6.07, 6.45) is 3.90. The van der Waals surface area contributed by atoms with Crippen LogP contribution < -0.4 is 10.6 Å². The number of aliphatic hydroxyl groups excluding tert-OH is 1. The number of nitrogens with one attached hydrogen (secondary N) is 2. The van der Waals surface area contributed by atoms with E-state index in [4.69, 9.17) is 10.4 Å². The van der Waals surface area contributed by atoms with Crippen LogP contribution in [0.15, 0.2) is 42.9 Å². The summed E-state index contributed by atoms with van der Waals surface area (Å²) in [4.78, 5) is 16.0. The Morgan fingerprint density at radius 1 is 1.32 bits per heavy atom. The lowest BCUT2D eigenvalue weighted by molar-refractivity contribution is 0.0233. The number of hydrogen-bond acceptors (Lipinski definition) is 9. The molecule has 4 aromatic heterocycles. The second-order valence-electron chi connectivity index (χ2n) is 8.84. The van der Waals surface area contributed by atoms with Crippen molar-refractivity contribution < 1.29 is 19.0 Å². The first-order chi connectivity index (χ1) is 17.9. The molecule has 3 N–H and O–H groups in total. The number of hydrogen-bond donors (Lipinski definition) is 3. The van der Waals surface area contributed by atoms with Gasteiger partial charge in [-0.3, -0.25) is 4.98 Å². The van der Waals surface area contributed by atoms with Crippen molar-refractivity contribution in [1.29, 1.82) is 5.26 Å². The quantitative estimate of drug-likeness (QED) is 0.327. The van der Waals surface area contributed by atoms with E-state index in [1.165, 1.54) is 18.0 Å². The van der Waals surface area contributed by atoms with Gasteiger partial charge in [-0.05, 0) is 43.0 Å². The van der Waals surface area contributed by atoms with E-state index in [1.807, 2.05) is 18.2 Å². The Labute approximate surface area is 210 Å². The number of ether oxygens (including phenoxy) is 1. The van der Waals surface area contributed by atoms with Crippen LogP contribution in [0.1, 0.15) is 18.4 Å². The number of halogens is 1. The summed E-state index contributed by atoms with van der Waals surface area (Å²) in [5.41, 5.74) is 4.52. The average Bonchev–Trinajstić information content (AvgIpc) is 3.51. The molecule has 5 rings (SSSR count). The molecule has 37 heavy (non-hydrogen) atoms. The van der Waals surface area contributed by atoms with Crippen molar-refractivity contribution in [3.63, 3.8) is 0 Å². The van der Waals surface area contributed by atoms with Crippen LogP contribution in [-0.4, -0.2) is 66.8 Å². The van der Waals surface area contributed by atoms with Gasteiger partial charge >= 0.3 is 6.09 Å². The molecule has 12 nitrogen and oxygen atoms in total. The maximum atomic E-state index is 13.0. The number of rotatable bonds is 8. The number of carbonyl (C=O) groups excluding carboxylic acids is 1. The van der Waals surface area contributed by atoms with E-state index in [0.29, 0.717) is 35.0 Å². The van der Waals surface area contributed by atoms with Crippen molar-refractivity contribution in [2.24, 2.45) is 5.92 Å². The summed E-state index contributed by atoms with van der Waals surface area (Å²) in [5, 5.41) is 36.9. The molecule has 1 atom stereocenters. The molecule has 190 valence electrons. The zero-order valence-electron chi connectivity index (χ0n) is 19.9. The molecule has 1 fully saturated rings. The number of alkyl carbamates (subject to hydrolysis) is 1. The first-order valence-corrected chi connectivity index (χ1v) is 11.6. The fourth-order valence-electron chi connectivity index (χ4n) is 4.38. The minimum atomic E-state index is -2.05. The van der Waals surface area contributed by atoms with Crippen LogP contribution in [0.4, 0.5) is 14.9 Å². The number of methoxy groups -OCH3 is 1. The molecule has 1 amide bonds. The van der Waals surface area contributed by atoms with Crippen molar-refractivity contribution >= 4 is 17.3 Å². The number of fused-ring (bicyclic) bond motifs is 1. The van der Waals surface area contributed by atoms with Crippen molar-refractivity contribution in [3.8, 4) is 28.7 Å². The third kappa shape index (κ3) is 5.19. The summed E-state index contributed by atoms with van der Waals surface area (Å²) in [5.74, 6) is 0.321. The molecule has 0 spiro atoms. The van der Waals surface area contributed by atoms with Gasteiger partial charge in [0, 0.05) is 30.0 Å². The molecule has 13 heteroatoms. The highest BCUT2D eigenvalue weighted by atomic mass is 19.1. The molecule has 0 aliphatic heterocycles. The Bertz CT molecular complexity index is 1470. The number of aromatic nitrogens is 6. The van der Waals surface area contributed by atoms with Gasteiger partial charge in [0.25, 0.3) is 0 Å². The van der Waals surface area contributed by atoms with Crippen molar-refractivity contribution in [1.82, 2.24) is 34.9 Å². The highest BCUT2D eigenvalue weighted by molar-refractivity contribution is 5.79. The van der Waals surface area contributed by atoms with E-state index in [2.05, 4.69) is 41.8 Å². The molecule has 0 saturated heterocycles. The largest absolute Gasteiger partial charge is 0.453 e. The molecule has 1 saturated carbocycles. The molecule has 1 aliphatic rings. The normalized spacial score (nSPS) is 17.6. The predicted octanol–water partition coefficient (Wildman–Crippen LogP) is 2.36. The van der Waals surface area contributed by atoms with Gasteiger partial charge < -0.3 is 20.5 Å². The summed E-state index contributed by atoms with van der Waals surface area (Å²) >= 11 is 0. The molecular formula is C24H24FN9O3. The van der Waals surface area contributed by atoms with Crippen LogP contribution in [0.2, 0.25) is 0 Å². The number of amides is 1. The molecule has 0 aromatic carbocycles. The SMILES string of the molecule is COC(=O)NCC1CC(Nc2cc(-c3ccc4cc(C#N)cnn34)ncc2-c2cn(CC(O)F)nn2)C1. The molecule has 0 bridgehead atoms. The lowest BCUT2D eigenvalue weighted by atomic mass is 9.80. The zero-order chi connectivity index (χ0) is 25.9. The van der Waals surface area contributed by atoms with Gasteiger partial charge in [-0.25, -0.2) is 18.4 Å². The fraction of sp³-hybridized carbons (Fsp3) is 0.333. The van der Waals surface area contributed by atoms with E-state index in [9.17, 15) is 9.18 Å². The van der Waals surface area contributed by atoms with Crippen LogP contribution in [0, 0.1) is 17.2 Å². The number of alkyl halides is 1. The summed E-state index contributed by atoms with van der Waals surface area (Å²) < 4.78 is 20.6. The van der Waals surface area contributed by atoms with Crippen molar-refractivity contribution in [2.75, 3.05) is 19.0 Å². The Morgan fingerprint density at radius 2 is 2.16 bits per heavy atom. The maximum absolute atomic E-state index is 13.0. The smallest absolute Gasteiger partial charge is 0.406 e. The lowest BCUT2D eigenvalue weighted by Crippen LogP contribution is -2.42. The Kier molecular flexibility index (Phi) is 6.65. The average molecular weight is 506 g/mol. The second-order valence-corrected chi connectivity index (χ2v) is 8.84. The highest BCUT2D eigenvalue weighted by Gasteiger charge is 2.30. The van der Waals surface area contributed by atoms with Gasteiger partial charge in [0.2, 0.25) is 6.36 Å². The molecule has 1 unspecified atom stereocenters. The molecule has 4 aromatic rings. The molecule has 1 aliphatic carbocycles. The molecular weight excluding hydrogens is 481 g/mol. The first kappa shape index (κ1) is 24.1. The third-order valence-corrected chi connectivity index (χ3v) is 6.26. The standard InChI is InChI=1S/C24H24FN9O3/c1-37-24(36)28-9-14-4-16(5-14)30-19-7-20(22-3-2-17-6-15(8-26)10-29-34(17)22)27-11-18(19)21-12-33(32-31-21)13-23(25)35/h2-3,6-7,10-12,14,16,23,35H,4-5,9,13H2,1H3,(H,27,30)(H,28,36). The van der Waals surface area contributed by atoms with Gasteiger partial charge in [0.1, 0.15) is 11.8 Å². The Morgan fingerprint density at radius 3 is 2.92 bits per heavy atom. The first-order valence-electron chi connectivity index (χ1n) is 11.6. The number of nitriles is 1. The third-order valence-electron chi connectivity index (χ3n) is 6.26. The van der Waals surface area contributed by atoms with Crippen LogP contribution in [0.3, 0.4) is 0 Å². The monoisotopic (exact) mass is 505 g/mol. The number of carbonyl (C=O) groups is 1. The zero-order valence-corrected chi connectivity index (χ0v) is 19.9. The summed E-state index contributed by atoms with van der Waals surface area (Å²) in [6.45, 7) is 0.205. The van der Waals surface area contributed by atoms with Gasteiger partial charge in [0.05, 0.1) is 48.5 Å². The highest BCUT2D eigenvalue weighted by Crippen LogP contribution is 2.35. The van der Waals surface area contributed by atoms with Gasteiger partial charge in [0.15, 0.2) is 0 Å². The minimum absolute atomic E-state index is 0.154. The van der Waals surface area contributed by atoms with Crippen LogP contribution in [-0.2, 0) is 11.3 Å². The van der Waals surface area contributed by atoms with E-state index in [1.54, 1.807) is 23.0 Å². The van der Waals surface area contributed by atoms with E-state index in [0.717, 1.165) is 29.7 Å². The van der Waals surface area contributed by atoms with Gasteiger partial charge in [-0.2, -0.15) is 10.4 Å². The molecule has 0 radical (unpaired) electrons. The van der Waals surface area contributed by atoms with E-state index in [-0.39, 0.29) is 12.6 Å². The molecule has 4 heterocycles. The van der Waals surface area contributed by atoms with Gasteiger partial charge in [-0.1, -0.05) is 5.21 Å². The number of anilines is 1. The van der Waals surface area contributed by atoms with Crippen LogP contribution in [0.25, 0.3) is 28.2 Å². The number of nitrogens with zero attached hydrogens (tertiary/aromatic N) is 7. The minimum Gasteiger partial charge on any atom is -0.453 e. The van der Waals surface area contributed by atoms with Gasteiger partial charge in [-0.15, -0.1) is 5.10 Å². The van der Waals surface area contributed by atoms with Crippen LogP contribution in [0.5, 0.6) is 0 Å². The summed E-state index contributed by atoms with van der Waals surface area (Å²) in [7, 11) is 1.33. The summed E-state index contributed by atoms with van der Waals surface area (Å²) in [6, 6.07) is 9.63. The van der Waals surface area contributed by atoms with E-state index < -0.39 is 12.5 Å². The van der Waals surface area contributed by atoms with Crippen molar-refractivity contribution in [2.45, 2.75) is 31.8 Å². The van der Waals surface area contributed by atoms with Crippen LogP contribution >= 0.6 is 0 Å². The second kappa shape index (κ2) is 10.2. The fourth-order valence-corrected chi connectivity index (χ4v) is 4.38. The van der Waals surface area contributed by atoms with E-state index >= 15 is 0 Å². The Hall–Kier alpha value is -4.57. The maximum Gasteiger partial charge on any atom is 0.406 e. The lowest BCUT2D eigenvalue weighted by Gasteiger charge is -2.36. The topological polar surface area (TPSA) is 155 Å².